The van der Waals surface area contributed by atoms with Crippen molar-refractivity contribution >= 4 is 22.1 Å². The second-order valence-corrected chi connectivity index (χ2v) is 9.24. The van der Waals surface area contributed by atoms with Crippen LogP contribution in [0.25, 0.3) is 0 Å². The number of benzene rings is 1. The van der Waals surface area contributed by atoms with E-state index >= 15 is 0 Å². The predicted molar refractivity (Wildman–Crippen MR) is 113 cm³/mol. The molecule has 1 saturated heterocycles. The molecule has 1 aromatic rings. The Labute approximate surface area is 174 Å². The van der Waals surface area contributed by atoms with Crippen LogP contribution in [-0.4, -0.2) is 74.0 Å². The third-order valence-electron chi connectivity index (χ3n) is 5.17. The Kier molecular flexibility index (Phi) is 9.19. The van der Waals surface area contributed by atoms with Gasteiger partial charge in [-0.15, -0.1) is 0 Å². The zero-order chi connectivity index (χ0) is 21.3. The van der Waals surface area contributed by atoms with Crippen LogP contribution in [0.5, 0.6) is 5.75 Å². The summed E-state index contributed by atoms with van der Waals surface area (Å²) >= 11 is 0. The summed E-state index contributed by atoms with van der Waals surface area (Å²) in [6.07, 6.45) is 3.45. The van der Waals surface area contributed by atoms with E-state index in [-0.39, 0.29) is 12.2 Å². The van der Waals surface area contributed by atoms with Gasteiger partial charge in [0.15, 0.2) is 0 Å². The third-order valence-corrected chi connectivity index (χ3v) is 7.13. The zero-order valence-corrected chi connectivity index (χ0v) is 18.2. The van der Waals surface area contributed by atoms with Gasteiger partial charge in [-0.05, 0) is 37.6 Å². The lowest BCUT2D eigenvalue weighted by molar-refractivity contribution is -0.158. The fourth-order valence-electron chi connectivity index (χ4n) is 3.50. The molecular formula is C20H33N3O5S. The topological polar surface area (TPSA) is 90.4 Å². The lowest BCUT2D eigenvalue weighted by Gasteiger charge is -2.36. The van der Waals surface area contributed by atoms with Crippen molar-refractivity contribution in [2.45, 2.75) is 45.6 Å². The molecule has 1 aromatic carbocycles. The van der Waals surface area contributed by atoms with E-state index in [1.807, 2.05) is 38.1 Å². The fourth-order valence-corrected chi connectivity index (χ4v) is 5.24. The highest BCUT2D eigenvalue weighted by Crippen LogP contribution is 2.22. The van der Waals surface area contributed by atoms with Gasteiger partial charge in [0.2, 0.25) is 16.4 Å². The molecule has 29 heavy (non-hydrogen) atoms. The van der Waals surface area contributed by atoms with Crippen molar-refractivity contribution in [3.63, 3.8) is 0 Å². The number of nitrogens with zero attached hydrogens (tertiary/aromatic N) is 3. The lowest BCUT2D eigenvalue weighted by Crippen LogP contribution is -2.51. The number of carbonyl (C=O) groups is 1. The molecule has 1 atom stereocenters. The van der Waals surface area contributed by atoms with Gasteiger partial charge in [0.05, 0.1) is 18.4 Å². The molecule has 0 bridgehead atoms. The molecular weight excluding hydrogens is 394 g/mol. The number of ether oxygens (including phenoxy) is 1. The van der Waals surface area contributed by atoms with Crippen molar-refractivity contribution in [1.29, 1.82) is 0 Å². The number of hydroxylamine groups is 2. The standard InChI is InChI=1S/C20H33N3O5S/c1-3-5-6-7-19(23(25)17-24)16-29(26,27)22-14-12-21(13-15-22)18-8-10-20(11-9-18)28-4-2/h8-11,17,19,25H,3-7,12-16H2,1-2H3. The maximum Gasteiger partial charge on any atom is 0.233 e. The van der Waals surface area contributed by atoms with E-state index in [4.69, 9.17) is 4.74 Å². The maximum absolute atomic E-state index is 12.8. The molecule has 0 aliphatic carbocycles. The Balaban J connectivity index is 1.94. The zero-order valence-electron chi connectivity index (χ0n) is 17.4. The molecule has 0 aromatic heterocycles. The number of carbonyl (C=O) groups excluding carboxylic acids is 1. The van der Waals surface area contributed by atoms with Crippen molar-refractivity contribution < 1.29 is 23.2 Å². The molecule has 164 valence electrons. The van der Waals surface area contributed by atoms with Crippen LogP contribution < -0.4 is 9.64 Å². The molecule has 1 fully saturated rings. The summed E-state index contributed by atoms with van der Waals surface area (Å²) in [5.74, 6) is 0.560. The minimum atomic E-state index is -3.57. The number of sulfonamides is 1. The number of amides is 1. The normalized spacial score (nSPS) is 16.4. The van der Waals surface area contributed by atoms with Gasteiger partial charge in [-0.25, -0.2) is 13.5 Å². The van der Waals surface area contributed by atoms with Gasteiger partial charge in [-0.2, -0.15) is 4.31 Å². The smallest absolute Gasteiger partial charge is 0.233 e. The van der Waals surface area contributed by atoms with Crippen LogP contribution in [0.1, 0.15) is 39.5 Å². The first kappa shape index (κ1) is 23.4. The molecule has 1 unspecified atom stereocenters. The van der Waals surface area contributed by atoms with E-state index in [2.05, 4.69) is 4.90 Å². The van der Waals surface area contributed by atoms with Crippen molar-refractivity contribution in [1.82, 2.24) is 9.37 Å². The van der Waals surface area contributed by atoms with Crippen LogP contribution in [0.15, 0.2) is 24.3 Å². The number of piperazine rings is 1. The van der Waals surface area contributed by atoms with Gasteiger partial charge < -0.3 is 9.64 Å². The average Bonchev–Trinajstić information content (AvgIpc) is 2.73. The van der Waals surface area contributed by atoms with Crippen LogP contribution in [0.3, 0.4) is 0 Å². The summed E-state index contributed by atoms with van der Waals surface area (Å²) in [5.41, 5.74) is 1.03. The Morgan fingerprint density at radius 2 is 1.79 bits per heavy atom. The summed E-state index contributed by atoms with van der Waals surface area (Å²) in [5, 5.41) is 10.3. The van der Waals surface area contributed by atoms with Crippen molar-refractivity contribution in [3.8, 4) is 5.75 Å². The van der Waals surface area contributed by atoms with Crippen molar-refractivity contribution in [3.05, 3.63) is 24.3 Å². The van der Waals surface area contributed by atoms with Crippen LogP contribution in [0, 0.1) is 0 Å². The first-order valence-corrected chi connectivity index (χ1v) is 11.9. The second kappa shape index (κ2) is 11.4. The quantitative estimate of drug-likeness (QED) is 0.238. The van der Waals surface area contributed by atoms with Gasteiger partial charge in [0, 0.05) is 31.9 Å². The van der Waals surface area contributed by atoms with Crippen LogP contribution in [-0.2, 0) is 14.8 Å². The Morgan fingerprint density at radius 3 is 2.34 bits per heavy atom. The first-order valence-electron chi connectivity index (χ1n) is 10.3. The molecule has 0 radical (unpaired) electrons. The highest BCUT2D eigenvalue weighted by Gasteiger charge is 2.31. The number of hydrogen-bond acceptors (Lipinski definition) is 6. The van der Waals surface area contributed by atoms with Gasteiger partial charge >= 0.3 is 0 Å². The number of anilines is 1. The summed E-state index contributed by atoms with van der Waals surface area (Å²) in [7, 11) is -3.57. The molecule has 1 amide bonds. The van der Waals surface area contributed by atoms with Gasteiger partial charge in [-0.1, -0.05) is 26.2 Å². The largest absolute Gasteiger partial charge is 0.494 e. The van der Waals surface area contributed by atoms with E-state index < -0.39 is 16.1 Å². The molecule has 0 spiro atoms. The van der Waals surface area contributed by atoms with E-state index in [0.717, 1.165) is 30.7 Å². The molecule has 9 heteroatoms. The Hall–Kier alpha value is -1.84. The highest BCUT2D eigenvalue weighted by atomic mass is 32.2. The van der Waals surface area contributed by atoms with E-state index in [9.17, 15) is 18.4 Å². The second-order valence-electron chi connectivity index (χ2n) is 7.23. The van der Waals surface area contributed by atoms with Crippen LogP contribution in [0.2, 0.25) is 0 Å². The van der Waals surface area contributed by atoms with E-state index in [0.29, 0.717) is 44.3 Å². The summed E-state index contributed by atoms with van der Waals surface area (Å²) in [4.78, 5) is 13.1. The average molecular weight is 428 g/mol. The molecule has 1 heterocycles. The third kappa shape index (κ3) is 6.87. The SMILES string of the molecule is CCCCCC(CS(=O)(=O)N1CCN(c2ccc(OCC)cc2)CC1)N(O)C=O. The van der Waals surface area contributed by atoms with Crippen molar-refractivity contribution in [2.75, 3.05) is 43.4 Å². The maximum atomic E-state index is 12.8. The number of rotatable bonds is 12. The predicted octanol–water partition coefficient (Wildman–Crippen LogP) is 2.33. The minimum Gasteiger partial charge on any atom is -0.494 e. The summed E-state index contributed by atoms with van der Waals surface area (Å²) in [6, 6.07) is 7.07. The van der Waals surface area contributed by atoms with Gasteiger partial charge in [0.25, 0.3) is 0 Å². The van der Waals surface area contributed by atoms with E-state index in [1.54, 1.807) is 0 Å². The van der Waals surface area contributed by atoms with E-state index in [1.165, 1.54) is 4.31 Å². The van der Waals surface area contributed by atoms with Crippen molar-refractivity contribution in [2.24, 2.45) is 0 Å². The fraction of sp³-hybridized carbons (Fsp3) is 0.650. The molecule has 0 saturated carbocycles. The monoisotopic (exact) mass is 427 g/mol. The van der Waals surface area contributed by atoms with Gasteiger partial charge in [-0.3, -0.25) is 10.0 Å². The number of hydrogen-bond donors (Lipinski definition) is 1. The first-order chi connectivity index (χ1) is 13.9. The molecule has 1 N–H and O–H groups in total. The van der Waals surface area contributed by atoms with Crippen LogP contribution in [0.4, 0.5) is 5.69 Å². The highest BCUT2D eigenvalue weighted by molar-refractivity contribution is 7.89. The molecule has 1 aliphatic rings. The molecule has 2 rings (SSSR count). The Morgan fingerprint density at radius 1 is 1.14 bits per heavy atom. The molecule has 1 aliphatic heterocycles. The summed E-state index contributed by atoms with van der Waals surface area (Å²) in [6.45, 7) is 6.53. The number of unbranched alkanes of at least 4 members (excludes halogenated alkanes) is 2. The van der Waals surface area contributed by atoms with Gasteiger partial charge in [0.1, 0.15) is 5.75 Å². The molecule has 8 nitrogen and oxygen atoms in total. The lowest BCUT2D eigenvalue weighted by atomic mass is 10.1. The van der Waals surface area contributed by atoms with Crippen LogP contribution >= 0.6 is 0 Å². The minimum absolute atomic E-state index is 0.255. The Bertz CT molecular complexity index is 718. The summed E-state index contributed by atoms with van der Waals surface area (Å²) < 4.78 is 32.6.